The van der Waals surface area contributed by atoms with Crippen molar-refractivity contribution in [3.8, 4) is 5.75 Å². The van der Waals surface area contributed by atoms with E-state index < -0.39 is 39.3 Å². The number of nitrogens with zero attached hydrogens (tertiary/aromatic N) is 3. The minimum absolute atomic E-state index is 0.0154. The van der Waals surface area contributed by atoms with Gasteiger partial charge in [0.05, 0.1) is 30.1 Å². The molecule has 0 atom stereocenters. The number of halogens is 3. The topological polar surface area (TPSA) is 112 Å². The molecule has 36 heavy (non-hydrogen) atoms. The van der Waals surface area contributed by atoms with Crippen molar-refractivity contribution in [2.75, 3.05) is 32.2 Å². The van der Waals surface area contributed by atoms with E-state index in [0.29, 0.717) is 49.4 Å². The highest BCUT2D eigenvalue weighted by Crippen LogP contribution is 2.41. The van der Waals surface area contributed by atoms with Gasteiger partial charge in [-0.05, 0) is 36.5 Å². The summed E-state index contributed by atoms with van der Waals surface area (Å²) in [5, 5.41) is 11.3. The molecule has 0 saturated carbocycles. The molecule has 0 radical (unpaired) electrons. The summed E-state index contributed by atoms with van der Waals surface area (Å²) in [5.74, 6) is -0.0828. The molecule has 2 heterocycles. The first kappa shape index (κ1) is 25.4. The van der Waals surface area contributed by atoms with Crippen molar-refractivity contribution in [3.63, 3.8) is 0 Å². The van der Waals surface area contributed by atoms with Crippen LogP contribution in [0.25, 0.3) is 10.1 Å². The first-order valence-corrected chi connectivity index (χ1v) is 11.6. The van der Waals surface area contributed by atoms with Gasteiger partial charge in [-0.15, -0.1) is 0 Å². The summed E-state index contributed by atoms with van der Waals surface area (Å²) in [5.41, 5.74) is -1.88. The minimum atomic E-state index is -4.84. The quantitative estimate of drug-likeness (QED) is 0.267. The molecule has 1 aliphatic rings. The number of alkyl halides is 3. The number of hydrogen-bond donors (Lipinski definition) is 0. The number of fused-ring (bicyclic) bond motifs is 1. The van der Waals surface area contributed by atoms with Crippen LogP contribution in [0, 0.1) is 10.1 Å². The third-order valence-electron chi connectivity index (χ3n) is 6.07. The van der Waals surface area contributed by atoms with Gasteiger partial charge in [0.1, 0.15) is 16.0 Å². The fourth-order valence-electron chi connectivity index (χ4n) is 4.33. The standard InChI is InChI=1S/C23H20F3N3O6S/c1-34-18-14(4-3-5-15(18)21(31)35-2)12-6-8-28(9-7-12)22-27-20(30)16-10-13(23(24,25)26)11-17(29(32)33)19(16)36-22/h3-5,10-12H,6-9H2,1-2H3. The van der Waals surface area contributed by atoms with E-state index in [-0.39, 0.29) is 15.7 Å². The van der Waals surface area contributed by atoms with E-state index in [9.17, 15) is 32.9 Å². The molecule has 0 unspecified atom stereocenters. The van der Waals surface area contributed by atoms with Gasteiger partial charge in [-0.1, -0.05) is 23.5 Å². The summed E-state index contributed by atoms with van der Waals surface area (Å²) in [6.45, 7) is 0.859. The lowest BCUT2D eigenvalue weighted by Crippen LogP contribution is -2.34. The number of carbonyl (C=O) groups excluding carboxylic acids is 1. The Bertz CT molecular complexity index is 1400. The molecule has 0 N–H and O–H groups in total. The Labute approximate surface area is 206 Å². The summed E-state index contributed by atoms with van der Waals surface area (Å²) in [7, 11) is 2.75. The van der Waals surface area contributed by atoms with Gasteiger partial charge in [0.15, 0.2) is 5.13 Å². The Morgan fingerprint density at radius 1 is 1.22 bits per heavy atom. The molecule has 9 nitrogen and oxygen atoms in total. The van der Waals surface area contributed by atoms with E-state index in [4.69, 9.17) is 9.47 Å². The monoisotopic (exact) mass is 523 g/mol. The van der Waals surface area contributed by atoms with Crippen LogP contribution in [-0.2, 0) is 10.9 Å². The van der Waals surface area contributed by atoms with Crippen LogP contribution in [0.3, 0.4) is 0 Å². The second kappa shape index (κ2) is 9.72. The number of hydrogen-bond acceptors (Lipinski definition) is 9. The highest BCUT2D eigenvalue weighted by atomic mass is 32.1. The molecule has 1 aliphatic heterocycles. The number of anilines is 1. The number of nitro groups is 1. The van der Waals surface area contributed by atoms with Gasteiger partial charge in [-0.2, -0.15) is 18.2 Å². The fourth-order valence-corrected chi connectivity index (χ4v) is 5.45. The van der Waals surface area contributed by atoms with Crippen molar-refractivity contribution in [2.45, 2.75) is 24.9 Å². The Kier molecular flexibility index (Phi) is 6.85. The van der Waals surface area contributed by atoms with E-state index in [0.717, 1.165) is 16.9 Å². The predicted octanol–water partition coefficient (Wildman–Crippen LogP) is 4.76. The number of esters is 1. The van der Waals surface area contributed by atoms with E-state index in [1.54, 1.807) is 17.0 Å². The first-order valence-electron chi connectivity index (χ1n) is 10.8. The average molecular weight is 523 g/mol. The number of nitro benzene ring substituents is 1. The molecule has 2 aromatic carbocycles. The normalized spacial score (nSPS) is 14.6. The molecular weight excluding hydrogens is 503 g/mol. The lowest BCUT2D eigenvalue weighted by atomic mass is 9.88. The summed E-state index contributed by atoms with van der Waals surface area (Å²) in [6.07, 6.45) is -3.66. The van der Waals surface area contributed by atoms with E-state index in [2.05, 4.69) is 4.98 Å². The SMILES string of the molecule is COC(=O)c1cccc(C2CCN(c3nc(=O)c4cc(C(F)(F)F)cc([N+](=O)[O-])c4s3)CC2)c1OC. The molecule has 4 rings (SSSR count). The first-order chi connectivity index (χ1) is 17.0. The molecule has 3 aromatic rings. The summed E-state index contributed by atoms with van der Waals surface area (Å²) >= 11 is 0.816. The fraction of sp³-hybridized carbons (Fsp3) is 0.348. The van der Waals surface area contributed by atoms with Gasteiger partial charge in [0.25, 0.3) is 11.2 Å². The molecular formula is C23H20F3N3O6S. The molecule has 1 fully saturated rings. The number of benzene rings is 2. The van der Waals surface area contributed by atoms with Gasteiger partial charge in [0, 0.05) is 19.2 Å². The number of rotatable bonds is 5. The van der Waals surface area contributed by atoms with Crippen molar-refractivity contribution in [2.24, 2.45) is 0 Å². The third-order valence-corrected chi connectivity index (χ3v) is 7.24. The van der Waals surface area contributed by atoms with E-state index in [1.807, 2.05) is 6.07 Å². The Morgan fingerprint density at radius 2 is 1.92 bits per heavy atom. The molecule has 13 heteroatoms. The number of non-ortho nitro benzene ring substituents is 1. The van der Waals surface area contributed by atoms with E-state index in [1.165, 1.54) is 14.2 Å². The second-order valence-corrected chi connectivity index (χ2v) is 9.09. The second-order valence-electron chi connectivity index (χ2n) is 8.11. The number of methoxy groups -OCH3 is 2. The van der Waals surface area contributed by atoms with Crippen molar-refractivity contribution < 1.29 is 32.4 Å². The summed E-state index contributed by atoms with van der Waals surface area (Å²) in [4.78, 5) is 41.0. The van der Waals surface area contributed by atoms with Crippen LogP contribution in [0.5, 0.6) is 5.75 Å². The van der Waals surface area contributed by atoms with Crippen LogP contribution in [0.2, 0.25) is 0 Å². The smallest absolute Gasteiger partial charge is 0.416 e. The molecule has 1 saturated heterocycles. The van der Waals surface area contributed by atoms with Crippen molar-refractivity contribution in [3.05, 3.63) is 67.5 Å². The van der Waals surface area contributed by atoms with Crippen molar-refractivity contribution >= 4 is 38.2 Å². The largest absolute Gasteiger partial charge is 0.496 e. The lowest BCUT2D eigenvalue weighted by Gasteiger charge is -2.33. The zero-order valence-electron chi connectivity index (χ0n) is 19.1. The van der Waals surface area contributed by atoms with Gasteiger partial charge in [-0.3, -0.25) is 14.9 Å². The number of para-hydroxylation sites is 1. The zero-order chi connectivity index (χ0) is 26.2. The number of carbonyl (C=O) groups is 1. The zero-order valence-corrected chi connectivity index (χ0v) is 19.9. The Hall–Kier alpha value is -3.74. The molecule has 0 bridgehead atoms. The van der Waals surface area contributed by atoms with Crippen LogP contribution < -0.4 is 15.2 Å². The van der Waals surface area contributed by atoms with Crippen LogP contribution in [-0.4, -0.2) is 43.2 Å². The maximum absolute atomic E-state index is 13.2. The Morgan fingerprint density at radius 3 is 2.50 bits per heavy atom. The number of piperidine rings is 1. The van der Waals surface area contributed by atoms with Crippen LogP contribution >= 0.6 is 11.3 Å². The molecule has 0 spiro atoms. The average Bonchev–Trinajstić information content (AvgIpc) is 2.86. The highest BCUT2D eigenvalue weighted by molar-refractivity contribution is 7.22. The molecule has 190 valence electrons. The summed E-state index contributed by atoms with van der Waals surface area (Å²) < 4.78 is 49.7. The van der Waals surface area contributed by atoms with Gasteiger partial charge >= 0.3 is 12.1 Å². The van der Waals surface area contributed by atoms with Gasteiger partial charge in [0.2, 0.25) is 0 Å². The van der Waals surface area contributed by atoms with E-state index >= 15 is 0 Å². The molecule has 1 aromatic heterocycles. The molecule has 0 aliphatic carbocycles. The van der Waals surface area contributed by atoms with Gasteiger partial charge in [-0.25, -0.2) is 4.79 Å². The third kappa shape index (κ3) is 4.70. The van der Waals surface area contributed by atoms with Crippen LogP contribution in [0.1, 0.15) is 40.2 Å². The predicted molar refractivity (Wildman–Crippen MR) is 126 cm³/mol. The maximum atomic E-state index is 13.2. The Balaban J connectivity index is 1.65. The van der Waals surface area contributed by atoms with Crippen LogP contribution in [0.15, 0.2) is 35.1 Å². The number of aromatic nitrogens is 1. The lowest BCUT2D eigenvalue weighted by molar-refractivity contribution is -0.383. The maximum Gasteiger partial charge on any atom is 0.416 e. The summed E-state index contributed by atoms with van der Waals surface area (Å²) in [6, 6.07) is 6.25. The minimum Gasteiger partial charge on any atom is -0.496 e. The van der Waals surface area contributed by atoms with Crippen molar-refractivity contribution in [1.82, 2.24) is 4.98 Å². The number of ether oxygens (including phenoxy) is 2. The van der Waals surface area contributed by atoms with Crippen molar-refractivity contribution in [1.29, 1.82) is 0 Å². The highest BCUT2D eigenvalue weighted by Gasteiger charge is 2.35. The van der Waals surface area contributed by atoms with Gasteiger partial charge < -0.3 is 14.4 Å². The molecule has 0 amide bonds. The van der Waals surface area contributed by atoms with Crippen LogP contribution in [0.4, 0.5) is 24.0 Å².